The molecule has 7 heteroatoms. The quantitative estimate of drug-likeness (QED) is 0.836. The highest BCUT2D eigenvalue weighted by molar-refractivity contribution is 7.91. The standard InChI is InChI=1S/C12H14N2O4S/c1-8-3-4-11(12(15)5-8)14-19(16,17)7-10-6-9(2)18-13-10/h3-6,14-15H,7H2,1-2H3. The number of nitrogens with zero attached hydrogens (tertiary/aromatic N) is 1. The Morgan fingerprint density at radius 1 is 1.32 bits per heavy atom. The third-order valence-corrected chi connectivity index (χ3v) is 3.64. The number of phenolic OH excluding ortho intramolecular Hbond substituents is 1. The van der Waals surface area contributed by atoms with Crippen LogP contribution in [0.5, 0.6) is 5.75 Å². The zero-order valence-electron chi connectivity index (χ0n) is 10.5. The first-order valence-corrected chi connectivity index (χ1v) is 7.23. The topological polar surface area (TPSA) is 92.4 Å². The maximum atomic E-state index is 11.9. The number of aryl methyl sites for hydroxylation is 2. The molecule has 0 atom stereocenters. The van der Waals surface area contributed by atoms with Crippen molar-refractivity contribution in [1.29, 1.82) is 0 Å². The van der Waals surface area contributed by atoms with E-state index in [-0.39, 0.29) is 17.2 Å². The minimum Gasteiger partial charge on any atom is -0.506 e. The first kappa shape index (κ1) is 13.4. The van der Waals surface area contributed by atoms with E-state index in [0.717, 1.165) is 5.56 Å². The maximum absolute atomic E-state index is 11.9. The van der Waals surface area contributed by atoms with Crippen LogP contribution in [0.25, 0.3) is 0 Å². The minimum atomic E-state index is -3.64. The lowest BCUT2D eigenvalue weighted by Gasteiger charge is -2.08. The molecule has 6 nitrogen and oxygen atoms in total. The Morgan fingerprint density at radius 2 is 2.05 bits per heavy atom. The van der Waals surface area contributed by atoms with E-state index in [0.29, 0.717) is 11.5 Å². The molecule has 0 saturated heterocycles. The number of hydrogen-bond acceptors (Lipinski definition) is 5. The molecule has 102 valence electrons. The Morgan fingerprint density at radius 3 is 2.63 bits per heavy atom. The van der Waals surface area contributed by atoms with Crippen molar-refractivity contribution in [3.63, 3.8) is 0 Å². The molecule has 1 heterocycles. The van der Waals surface area contributed by atoms with Crippen molar-refractivity contribution >= 4 is 15.7 Å². The van der Waals surface area contributed by atoms with Crippen LogP contribution in [0.15, 0.2) is 28.8 Å². The van der Waals surface area contributed by atoms with Gasteiger partial charge in [-0.05, 0) is 31.5 Å². The molecule has 0 aliphatic carbocycles. The molecule has 0 aliphatic heterocycles. The first-order chi connectivity index (χ1) is 8.85. The first-order valence-electron chi connectivity index (χ1n) is 5.58. The summed E-state index contributed by atoms with van der Waals surface area (Å²) >= 11 is 0. The predicted molar refractivity (Wildman–Crippen MR) is 70.3 cm³/mol. The summed E-state index contributed by atoms with van der Waals surface area (Å²) in [5.74, 6) is 0.126. The predicted octanol–water partition coefficient (Wildman–Crippen LogP) is 1.94. The number of anilines is 1. The Labute approximate surface area is 111 Å². The molecule has 2 aromatic rings. The molecule has 2 rings (SSSR count). The summed E-state index contributed by atoms with van der Waals surface area (Å²) < 4.78 is 30.9. The monoisotopic (exact) mass is 282 g/mol. The van der Waals surface area contributed by atoms with Crippen LogP contribution in [0.4, 0.5) is 5.69 Å². The molecule has 2 N–H and O–H groups in total. The number of benzene rings is 1. The van der Waals surface area contributed by atoms with Crippen molar-refractivity contribution in [2.45, 2.75) is 19.6 Å². The largest absolute Gasteiger partial charge is 0.506 e. The molecule has 0 unspecified atom stereocenters. The molecular weight excluding hydrogens is 268 g/mol. The Balaban J connectivity index is 2.17. The average molecular weight is 282 g/mol. The fourth-order valence-corrected chi connectivity index (χ4v) is 2.72. The molecule has 1 aromatic carbocycles. The van der Waals surface area contributed by atoms with Gasteiger partial charge in [0.1, 0.15) is 23.0 Å². The van der Waals surface area contributed by atoms with Crippen molar-refractivity contribution in [2.75, 3.05) is 4.72 Å². The van der Waals surface area contributed by atoms with Crippen LogP contribution in [0.1, 0.15) is 17.0 Å². The smallest absolute Gasteiger partial charge is 0.238 e. The summed E-state index contributed by atoms with van der Waals surface area (Å²) in [4.78, 5) is 0. The maximum Gasteiger partial charge on any atom is 0.238 e. The van der Waals surface area contributed by atoms with Crippen molar-refractivity contribution in [1.82, 2.24) is 5.16 Å². The Hall–Kier alpha value is -2.02. The van der Waals surface area contributed by atoms with Gasteiger partial charge >= 0.3 is 0 Å². The second kappa shape index (κ2) is 4.93. The third-order valence-electron chi connectivity index (χ3n) is 2.43. The molecule has 19 heavy (non-hydrogen) atoms. The lowest BCUT2D eigenvalue weighted by molar-refractivity contribution is 0.392. The summed E-state index contributed by atoms with van der Waals surface area (Å²) in [7, 11) is -3.64. The van der Waals surface area contributed by atoms with Gasteiger partial charge in [0.25, 0.3) is 0 Å². The molecule has 0 aliphatic rings. The van der Waals surface area contributed by atoms with Crippen LogP contribution < -0.4 is 4.72 Å². The number of aromatic nitrogens is 1. The zero-order chi connectivity index (χ0) is 14.0. The van der Waals surface area contributed by atoms with Crippen LogP contribution in [-0.2, 0) is 15.8 Å². The van der Waals surface area contributed by atoms with Gasteiger partial charge in [0.2, 0.25) is 10.0 Å². The number of aromatic hydroxyl groups is 1. The van der Waals surface area contributed by atoms with Crippen molar-refractivity contribution in [3.05, 3.63) is 41.3 Å². The highest BCUT2D eigenvalue weighted by atomic mass is 32.2. The van der Waals surface area contributed by atoms with E-state index >= 15 is 0 Å². The molecule has 0 bridgehead atoms. The van der Waals surface area contributed by atoms with Crippen LogP contribution >= 0.6 is 0 Å². The third kappa shape index (κ3) is 3.47. The zero-order valence-corrected chi connectivity index (χ0v) is 11.4. The fourth-order valence-electron chi connectivity index (χ4n) is 1.61. The summed E-state index contributed by atoms with van der Waals surface area (Å²) in [6.45, 7) is 3.48. The van der Waals surface area contributed by atoms with E-state index in [1.807, 2.05) is 0 Å². The van der Waals surface area contributed by atoms with E-state index in [9.17, 15) is 13.5 Å². The summed E-state index contributed by atoms with van der Waals surface area (Å²) in [6.07, 6.45) is 0. The number of hydrogen-bond donors (Lipinski definition) is 2. The van der Waals surface area contributed by atoms with E-state index in [2.05, 4.69) is 9.88 Å². The van der Waals surface area contributed by atoms with E-state index in [1.165, 1.54) is 12.1 Å². The molecule has 0 amide bonds. The van der Waals surface area contributed by atoms with Gasteiger partial charge in [0.05, 0.1) is 5.69 Å². The van der Waals surface area contributed by atoms with E-state index in [1.54, 1.807) is 26.0 Å². The van der Waals surface area contributed by atoms with E-state index in [4.69, 9.17) is 4.52 Å². The molecule has 0 spiro atoms. The van der Waals surface area contributed by atoms with Crippen LogP contribution in [0.3, 0.4) is 0 Å². The SMILES string of the molecule is Cc1ccc(NS(=O)(=O)Cc2cc(C)on2)c(O)c1. The molecular formula is C12H14N2O4S. The molecule has 0 saturated carbocycles. The normalized spacial score (nSPS) is 11.5. The van der Waals surface area contributed by atoms with Gasteiger partial charge in [0, 0.05) is 6.07 Å². The second-order valence-electron chi connectivity index (χ2n) is 4.31. The molecule has 0 radical (unpaired) electrons. The van der Waals surface area contributed by atoms with Crippen molar-refractivity contribution in [2.24, 2.45) is 0 Å². The highest BCUT2D eigenvalue weighted by Gasteiger charge is 2.16. The fraction of sp³-hybridized carbons (Fsp3) is 0.250. The summed E-state index contributed by atoms with van der Waals surface area (Å²) in [6, 6.07) is 6.25. The number of sulfonamides is 1. The van der Waals surface area contributed by atoms with E-state index < -0.39 is 10.0 Å². The average Bonchev–Trinajstić information content (AvgIpc) is 2.67. The minimum absolute atomic E-state index is 0.111. The lowest BCUT2D eigenvalue weighted by atomic mass is 10.2. The number of nitrogens with one attached hydrogen (secondary N) is 1. The molecule has 1 aromatic heterocycles. The second-order valence-corrected chi connectivity index (χ2v) is 6.03. The van der Waals surface area contributed by atoms with Gasteiger partial charge in [-0.15, -0.1) is 0 Å². The summed E-state index contributed by atoms with van der Waals surface area (Å²) in [5.41, 5.74) is 1.30. The van der Waals surface area contributed by atoms with Crippen LogP contribution in [0, 0.1) is 13.8 Å². The van der Waals surface area contributed by atoms with Crippen molar-refractivity contribution < 1.29 is 18.0 Å². The Kier molecular flexibility index (Phi) is 3.48. The Bertz CT molecular complexity index is 692. The van der Waals surface area contributed by atoms with Crippen molar-refractivity contribution in [3.8, 4) is 5.75 Å². The number of rotatable bonds is 4. The lowest BCUT2D eigenvalue weighted by Crippen LogP contribution is -2.15. The van der Waals surface area contributed by atoms with Gasteiger partial charge in [-0.25, -0.2) is 8.42 Å². The van der Waals surface area contributed by atoms with Gasteiger partial charge in [-0.1, -0.05) is 11.2 Å². The van der Waals surface area contributed by atoms with Crippen LogP contribution in [-0.4, -0.2) is 18.7 Å². The van der Waals surface area contributed by atoms with Gasteiger partial charge < -0.3 is 9.63 Å². The highest BCUT2D eigenvalue weighted by Crippen LogP contribution is 2.25. The summed E-state index contributed by atoms with van der Waals surface area (Å²) in [5, 5.41) is 13.3. The number of phenols is 1. The van der Waals surface area contributed by atoms with Crippen LogP contribution in [0.2, 0.25) is 0 Å². The molecule has 0 fully saturated rings. The van der Waals surface area contributed by atoms with Gasteiger partial charge in [-0.3, -0.25) is 4.72 Å². The van der Waals surface area contributed by atoms with Gasteiger partial charge in [-0.2, -0.15) is 0 Å². The van der Waals surface area contributed by atoms with Gasteiger partial charge in [0.15, 0.2) is 0 Å².